The van der Waals surface area contributed by atoms with Crippen LogP contribution in [0, 0.1) is 5.41 Å². The fourth-order valence-electron chi connectivity index (χ4n) is 1.76. The van der Waals surface area contributed by atoms with Crippen molar-refractivity contribution in [1.82, 2.24) is 5.32 Å². The van der Waals surface area contributed by atoms with E-state index >= 15 is 0 Å². The predicted octanol–water partition coefficient (Wildman–Crippen LogP) is 3.17. The highest BCUT2D eigenvalue weighted by Crippen LogP contribution is 2.27. The molecule has 0 aromatic heterocycles. The summed E-state index contributed by atoms with van der Waals surface area (Å²) in [5.41, 5.74) is 0.231. The van der Waals surface area contributed by atoms with Gasteiger partial charge in [-0.3, -0.25) is 4.79 Å². The number of phenols is 1. The molecule has 4 heteroatoms. The number of halogens is 1. The van der Waals surface area contributed by atoms with Crippen molar-refractivity contribution in [2.45, 2.75) is 26.7 Å². The molecule has 100 valence electrons. The van der Waals surface area contributed by atoms with Crippen LogP contribution in [0.1, 0.15) is 37.0 Å². The number of carbonyl (C=O) groups excluding carboxylic acids is 1. The van der Waals surface area contributed by atoms with Gasteiger partial charge in [-0.25, -0.2) is 0 Å². The van der Waals surface area contributed by atoms with Crippen molar-refractivity contribution in [3.05, 3.63) is 29.8 Å². The van der Waals surface area contributed by atoms with Crippen LogP contribution in [0.15, 0.2) is 24.3 Å². The van der Waals surface area contributed by atoms with Crippen molar-refractivity contribution in [3.63, 3.8) is 0 Å². The molecule has 0 aliphatic rings. The van der Waals surface area contributed by atoms with Gasteiger partial charge in [0, 0.05) is 17.8 Å². The Morgan fingerprint density at radius 3 is 2.44 bits per heavy atom. The van der Waals surface area contributed by atoms with E-state index in [-0.39, 0.29) is 17.1 Å². The molecule has 0 heterocycles. The van der Waals surface area contributed by atoms with E-state index in [1.165, 1.54) is 6.07 Å². The third-order valence-corrected chi connectivity index (χ3v) is 4.12. The third-order valence-electron chi connectivity index (χ3n) is 3.56. The molecule has 0 bridgehead atoms. The van der Waals surface area contributed by atoms with Gasteiger partial charge >= 0.3 is 0 Å². The highest BCUT2D eigenvalue weighted by molar-refractivity contribution is 6.18. The predicted molar refractivity (Wildman–Crippen MR) is 74.2 cm³/mol. The zero-order chi connectivity index (χ0) is 13.6. The van der Waals surface area contributed by atoms with Crippen LogP contribution in [0.5, 0.6) is 5.75 Å². The molecule has 0 atom stereocenters. The summed E-state index contributed by atoms with van der Waals surface area (Å²) in [6.45, 7) is 4.66. The van der Waals surface area contributed by atoms with E-state index in [0.717, 1.165) is 12.8 Å². The lowest BCUT2D eigenvalue weighted by Crippen LogP contribution is -2.38. The van der Waals surface area contributed by atoms with Gasteiger partial charge in [0.05, 0.1) is 5.56 Å². The summed E-state index contributed by atoms with van der Waals surface area (Å²) in [6.07, 6.45) is 1.82. The molecule has 0 unspecified atom stereocenters. The molecule has 3 nitrogen and oxygen atoms in total. The maximum Gasteiger partial charge on any atom is 0.255 e. The van der Waals surface area contributed by atoms with Crippen LogP contribution in [0.2, 0.25) is 0 Å². The van der Waals surface area contributed by atoms with Gasteiger partial charge in [0.25, 0.3) is 5.91 Å². The lowest BCUT2D eigenvalue weighted by Gasteiger charge is -2.29. The Balaban J connectivity index is 2.69. The standard InChI is InChI=1S/C14H20ClNO2/c1-3-14(4-2,9-15)10-16-13(18)11-7-5-6-8-12(11)17/h5-8,17H,3-4,9-10H2,1-2H3,(H,16,18). The van der Waals surface area contributed by atoms with Gasteiger partial charge in [-0.1, -0.05) is 26.0 Å². The van der Waals surface area contributed by atoms with Crippen LogP contribution < -0.4 is 5.32 Å². The number of phenolic OH excluding ortho intramolecular Hbond substituents is 1. The summed E-state index contributed by atoms with van der Waals surface area (Å²) >= 11 is 5.98. The van der Waals surface area contributed by atoms with Crippen LogP contribution in [0.3, 0.4) is 0 Å². The van der Waals surface area contributed by atoms with E-state index < -0.39 is 0 Å². The number of aromatic hydroxyl groups is 1. The minimum absolute atomic E-state index is 0.000490. The summed E-state index contributed by atoms with van der Waals surface area (Å²) in [5, 5.41) is 12.4. The molecule has 1 rings (SSSR count). The van der Waals surface area contributed by atoms with Gasteiger partial charge in [-0.2, -0.15) is 0 Å². The summed E-state index contributed by atoms with van der Waals surface area (Å²) in [7, 11) is 0. The molecule has 0 radical (unpaired) electrons. The number of alkyl halides is 1. The minimum atomic E-state index is -0.260. The van der Waals surface area contributed by atoms with Gasteiger partial charge in [0.2, 0.25) is 0 Å². The monoisotopic (exact) mass is 269 g/mol. The SMILES string of the molecule is CCC(CC)(CCl)CNC(=O)c1ccccc1O. The van der Waals surface area contributed by atoms with Crippen molar-refractivity contribution < 1.29 is 9.90 Å². The van der Waals surface area contributed by atoms with E-state index in [2.05, 4.69) is 19.2 Å². The van der Waals surface area contributed by atoms with Gasteiger partial charge in [-0.15, -0.1) is 11.6 Å². The minimum Gasteiger partial charge on any atom is -0.507 e. The second-order valence-electron chi connectivity index (χ2n) is 4.54. The maximum absolute atomic E-state index is 11.9. The lowest BCUT2D eigenvalue weighted by atomic mass is 9.84. The first-order valence-electron chi connectivity index (χ1n) is 6.20. The molecule has 2 N–H and O–H groups in total. The third kappa shape index (κ3) is 3.39. The van der Waals surface area contributed by atoms with Crippen molar-refractivity contribution in [3.8, 4) is 5.75 Å². The Bertz CT molecular complexity index is 394. The number of carbonyl (C=O) groups is 1. The molecule has 1 amide bonds. The number of amides is 1. The van der Waals surface area contributed by atoms with Crippen LogP contribution in [0.25, 0.3) is 0 Å². The van der Waals surface area contributed by atoms with Crippen LogP contribution >= 0.6 is 11.6 Å². The smallest absolute Gasteiger partial charge is 0.255 e. The van der Waals surface area contributed by atoms with E-state index in [4.69, 9.17) is 11.6 Å². The average Bonchev–Trinajstić information content (AvgIpc) is 2.41. The molecule has 0 spiro atoms. The van der Waals surface area contributed by atoms with Gasteiger partial charge in [0.15, 0.2) is 0 Å². The summed E-state index contributed by atoms with van der Waals surface area (Å²) < 4.78 is 0. The lowest BCUT2D eigenvalue weighted by molar-refractivity contribution is 0.0929. The van der Waals surface area contributed by atoms with Crippen LogP contribution in [-0.4, -0.2) is 23.4 Å². The molecule has 18 heavy (non-hydrogen) atoms. The van der Waals surface area contributed by atoms with E-state index in [1.807, 2.05) is 0 Å². The van der Waals surface area contributed by atoms with E-state index in [0.29, 0.717) is 18.0 Å². The molecule has 0 saturated carbocycles. The molecule has 0 aliphatic carbocycles. The molecule has 0 saturated heterocycles. The normalized spacial score (nSPS) is 11.3. The van der Waals surface area contributed by atoms with E-state index in [1.54, 1.807) is 18.2 Å². The number of para-hydroxylation sites is 1. The second-order valence-corrected chi connectivity index (χ2v) is 4.81. The fraction of sp³-hybridized carbons (Fsp3) is 0.500. The van der Waals surface area contributed by atoms with Gasteiger partial charge < -0.3 is 10.4 Å². The quantitative estimate of drug-likeness (QED) is 0.780. The Morgan fingerprint density at radius 1 is 1.33 bits per heavy atom. The van der Waals surface area contributed by atoms with Crippen molar-refractivity contribution in [1.29, 1.82) is 0 Å². The average molecular weight is 270 g/mol. The topological polar surface area (TPSA) is 49.3 Å². The number of nitrogens with one attached hydrogen (secondary N) is 1. The highest BCUT2D eigenvalue weighted by Gasteiger charge is 2.26. The highest BCUT2D eigenvalue weighted by atomic mass is 35.5. The van der Waals surface area contributed by atoms with Crippen molar-refractivity contribution >= 4 is 17.5 Å². The Labute approximate surface area is 113 Å². The fourth-order valence-corrected chi connectivity index (χ4v) is 2.24. The summed E-state index contributed by atoms with van der Waals surface area (Å²) in [5.74, 6) is 0.255. The number of rotatable bonds is 6. The zero-order valence-electron chi connectivity index (χ0n) is 10.9. The number of hydrogen-bond donors (Lipinski definition) is 2. The zero-order valence-corrected chi connectivity index (χ0v) is 11.6. The molecule has 1 aromatic rings. The van der Waals surface area contributed by atoms with Gasteiger partial charge in [0.1, 0.15) is 5.75 Å². The van der Waals surface area contributed by atoms with Crippen molar-refractivity contribution in [2.75, 3.05) is 12.4 Å². The van der Waals surface area contributed by atoms with Crippen LogP contribution in [0.4, 0.5) is 0 Å². The molecule has 0 aliphatic heterocycles. The second kappa shape index (κ2) is 6.64. The molecular formula is C14H20ClNO2. The Morgan fingerprint density at radius 2 is 1.94 bits per heavy atom. The maximum atomic E-state index is 11.9. The van der Waals surface area contributed by atoms with Crippen LogP contribution in [-0.2, 0) is 0 Å². The Kier molecular flexibility index (Phi) is 5.48. The molecule has 1 aromatic carbocycles. The van der Waals surface area contributed by atoms with E-state index in [9.17, 15) is 9.90 Å². The largest absolute Gasteiger partial charge is 0.507 e. The number of hydrogen-bond acceptors (Lipinski definition) is 2. The van der Waals surface area contributed by atoms with Crippen molar-refractivity contribution in [2.24, 2.45) is 5.41 Å². The molecular weight excluding hydrogens is 250 g/mol. The summed E-state index contributed by atoms with van der Waals surface area (Å²) in [6, 6.07) is 6.52. The first-order chi connectivity index (χ1) is 8.58. The Hall–Kier alpha value is -1.22. The molecule has 0 fully saturated rings. The summed E-state index contributed by atoms with van der Waals surface area (Å²) in [4.78, 5) is 11.9. The van der Waals surface area contributed by atoms with Gasteiger partial charge in [-0.05, 0) is 25.0 Å². The number of benzene rings is 1. The first-order valence-corrected chi connectivity index (χ1v) is 6.74. The first kappa shape index (κ1) is 14.8.